The fourth-order valence-electron chi connectivity index (χ4n) is 5.43. The third-order valence-corrected chi connectivity index (χ3v) is 7.32. The molecular weight excluding hydrogens is 494 g/mol. The molecular formula is C30H29F4N3O. The Bertz CT molecular complexity index is 1470. The van der Waals surface area contributed by atoms with Crippen LogP contribution in [0.25, 0.3) is 22.4 Å². The number of hydrogen-bond acceptors (Lipinski definition) is 3. The van der Waals surface area contributed by atoms with Gasteiger partial charge in [-0.2, -0.15) is 0 Å². The molecule has 8 heteroatoms. The third-order valence-electron chi connectivity index (χ3n) is 7.32. The van der Waals surface area contributed by atoms with Crippen LogP contribution in [0, 0.1) is 23.3 Å². The predicted molar refractivity (Wildman–Crippen MR) is 139 cm³/mol. The molecule has 5 rings (SSSR count). The summed E-state index contributed by atoms with van der Waals surface area (Å²) in [5, 5.41) is 0. The van der Waals surface area contributed by atoms with E-state index in [0.717, 1.165) is 50.0 Å². The first-order valence-electron chi connectivity index (χ1n) is 12.9. The molecule has 4 aromatic rings. The van der Waals surface area contributed by atoms with Crippen molar-refractivity contribution in [3.63, 3.8) is 0 Å². The number of aromatic nitrogens is 2. The summed E-state index contributed by atoms with van der Waals surface area (Å²) < 4.78 is 58.0. The van der Waals surface area contributed by atoms with E-state index in [1.807, 2.05) is 24.3 Å². The van der Waals surface area contributed by atoms with Crippen LogP contribution >= 0.6 is 0 Å². The van der Waals surface area contributed by atoms with Crippen molar-refractivity contribution in [3.8, 4) is 11.4 Å². The summed E-state index contributed by atoms with van der Waals surface area (Å²) in [6, 6.07) is 16.1. The number of imidazole rings is 1. The Kier molecular flexibility index (Phi) is 7.61. The second kappa shape index (κ2) is 11.1. The standard InChI is InChI=1S/C30H29F4N3O/c1-19(38)16-20-6-4-7-22(17-20)21-10-14-36(15-11-21)12-5-13-37-26-9-3-2-8-25(26)35-30(37)23-18-24(31)28(33)29(34)27(23)32/h2-4,6-9,17-18,21H,5,10-16H2,1H3. The average molecular weight is 524 g/mol. The number of halogens is 4. The molecule has 3 aromatic carbocycles. The molecule has 1 fully saturated rings. The molecule has 1 aliphatic rings. The molecule has 0 aliphatic carbocycles. The topological polar surface area (TPSA) is 38.1 Å². The molecule has 0 N–H and O–H groups in total. The molecule has 0 radical (unpaired) electrons. The van der Waals surface area contributed by atoms with Gasteiger partial charge in [0, 0.05) is 13.0 Å². The number of carbonyl (C=O) groups excluding carboxylic acids is 1. The molecule has 2 heterocycles. The highest BCUT2D eigenvalue weighted by Crippen LogP contribution is 2.31. The number of benzene rings is 3. The first-order chi connectivity index (χ1) is 18.3. The summed E-state index contributed by atoms with van der Waals surface area (Å²) in [4.78, 5) is 18.3. The van der Waals surface area contributed by atoms with Gasteiger partial charge in [0.25, 0.3) is 0 Å². The van der Waals surface area contributed by atoms with E-state index in [0.29, 0.717) is 30.5 Å². The van der Waals surface area contributed by atoms with Gasteiger partial charge in [-0.15, -0.1) is 0 Å². The molecule has 0 spiro atoms. The lowest BCUT2D eigenvalue weighted by Gasteiger charge is -2.32. The first kappa shape index (κ1) is 26.1. The number of para-hydroxylation sites is 2. The van der Waals surface area contributed by atoms with Crippen LogP contribution in [0.15, 0.2) is 54.6 Å². The second-order valence-corrected chi connectivity index (χ2v) is 10.0. The van der Waals surface area contributed by atoms with Gasteiger partial charge in [-0.05, 0) is 81.1 Å². The third kappa shape index (κ3) is 5.36. The molecule has 38 heavy (non-hydrogen) atoms. The fraction of sp³-hybridized carbons (Fsp3) is 0.333. The van der Waals surface area contributed by atoms with E-state index < -0.39 is 28.8 Å². The van der Waals surface area contributed by atoms with Crippen molar-refractivity contribution in [3.05, 3.63) is 89.0 Å². The Morgan fingerprint density at radius 1 is 0.921 bits per heavy atom. The molecule has 4 nitrogen and oxygen atoms in total. The second-order valence-electron chi connectivity index (χ2n) is 10.0. The molecule has 0 bridgehead atoms. The summed E-state index contributed by atoms with van der Waals surface area (Å²) >= 11 is 0. The quantitative estimate of drug-likeness (QED) is 0.147. The van der Waals surface area contributed by atoms with Crippen molar-refractivity contribution in [1.29, 1.82) is 0 Å². The van der Waals surface area contributed by atoms with Crippen molar-refractivity contribution in [2.75, 3.05) is 19.6 Å². The summed E-state index contributed by atoms with van der Waals surface area (Å²) in [6.45, 7) is 4.73. The Morgan fingerprint density at radius 3 is 2.45 bits per heavy atom. The monoisotopic (exact) mass is 523 g/mol. The minimum Gasteiger partial charge on any atom is -0.324 e. The molecule has 1 aliphatic heterocycles. The fourth-order valence-corrected chi connectivity index (χ4v) is 5.43. The van der Waals surface area contributed by atoms with Crippen molar-refractivity contribution < 1.29 is 22.4 Å². The molecule has 0 atom stereocenters. The molecule has 0 saturated carbocycles. The van der Waals surface area contributed by atoms with Gasteiger partial charge >= 0.3 is 0 Å². The zero-order valence-electron chi connectivity index (χ0n) is 21.2. The van der Waals surface area contributed by atoms with E-state index in [4.69, 9.17) is 0 Å². The van der Waals surface area contributed by atoms with Gasteiger partial charge in [-0.1, -0.05) is 36.4 Å². The van der Waals surface area contributed by atoms with Crippen LogP contribution in [0.5, 0.6) is 0 Å². The van der Waals surface area contributed by atoms with Crippen LogP contribution in [0.2, 0.25) is 0 Å². The maximum atomic E-state index is 14.7. The largest absolute Gasteiger partial charge is 0.324 e. The highest BCUT2D eigenvalue weighted by atomic mass is 19.2. The smallest absolute Gasteiger partial charge is 0.198 e. The van der Waals surface area contributed by atoms with Crippen molar-refractivity contribution in [2.24, 2.45) is 0 Å². The van der Waals surface area contributed by atoms with E-state index in [1.54, 1.807) is 23.6 Å². The van der Waals surface area contributed by atoms with E-state index in [1.165, 1.54) is 5.56 Å². The zero-order valence-corrected chi connectivity index (χ0v) is 21.2. The normalized spacial score (nSPS) is 14.9. The Balaban J connectivity index is 1.27. The number of fused-ring (bicyclic) bond motifs is 1. The van der Waals surface area contributed by atoms with Gasteiger partial charge in [0.15, 0.2) is 23.3 Å². The van der Waals surface area contributed by atoms with Gasteiger partial charge in [-0.25, -0.2) is 22.5 Å². The van der Waals surface area contributed by atoms with Crippen LogP contribution in [0.3, 0.4) is 0 Å². The lowest BCUT2D eigenvalue weighted by atomic mass is 9.88. The van der Waals surface area contributed by atoms with Crippen LogP contribution in [0.1, 0.15) is 43.2 Å². The van der Waals surface area contributed by atoms with Gasteiger partial charge in [-0.3, -0.25) is 4.79 Å². The maximum Gasteiger partial charge on any atom is 0.198 e. The van der Waals surface area contributed by atoms with E-state index in [-0.39, 0.29) is 11.6 Å². The van der Waals surface area contributed by atoms with E-state index in [2.05, 4.69) is 22.0 Å². The molecule has 198 valence electrons. The minimum absolute atomic E-state index is 0.0747. The number of nitrogens with zero attached hydrogens (tertiary/aromatic N) is 3. The number of piperidine rings is 1. The van der Waals surface area contributed by atoms with Crippen molar-refractivity contribution in [2.45, 2.75) is 45.1 Å². The number of rotatable bonds is 8. The van der Waals surface area contributed by atoms with Crippen LogP contribution in [0.4, 0.5) is 17.6 Å². The van der Waals surface area contributed by atoms with Gasteiger partial charge in [0.1, 0.15) is 11.6 Å². The van der Waals surface area contributed by atoms with Crippen LogP contribution in [-0.4, -0.2) is 39.9 Å². The van der Waals surface area contributed by atoms with E-state index in [9.17, 15) is 22.4 Å². The van der Waals surface area contributed by atoms with Gasteiger partial charge in [0.2, 0.25) is 0 Å². The zero-order chi connectivity index (χ0) is 26.8. The van der Waals surface area contributed by atoms with Crippen molar-refractivity contribution in [1.82, 2.24) is 14.5 Å². The Morgan fingerprint density at radius 2 is 1.68 bits per heavy atom. The number of carbonyl (C=O) groups is 1. The SMILES string of the molecule is CC(=O)Cc1cccc(C2CCN(CCCn3c(-c4cc(F)c(F)c(F)c4F)nc4ccccc43)CC2)c1. The minimum atomic E-state index is -1.84. The highest BCUT2D eigenvalue weighted by molar-refractivity contribution is 5.81. The highest BCUT2D eigenvalue weighted by Gasteiger charge is 2.25. The average Bonchev–Trinajstić information content (AvgIpc) is 3.28. The van der Waals surface area contributed by atoms with Crippen LogP contribution < -0.4 is 0 Å². The predicted octanol–water partition coefficient (Wildman–Crippen LogP) is 6.66. The Hall–Kier alpha value is -3.52. The van der Waals surface area contributed by atoms with Crippen molar-refractivity contribution >= 4 is 16.8 Å². The molecule has 0 unspecified atom stereocenters. The number of aryl methyl sites for hydroxylation is 1. The summed E-state index contributed by atoms with van der Waals surface area (Å²) in [5.41, 5.74) is 3.22. The number of Topliss-reactive ketones (excluding diaryl/α,β-unsaturated/α-hetero) is 1. The molecule has 0 amide bonds. The van der Waals surface area contributed by atoms with Crippen LogP contribution in [-0.2, 0) is 17.8 Å². The lowest BCUT2D eigenvalue weighted by Crippen LogP contribution is -2.34. The number of likely N-dealkylation sites (tertiary alicyclic amines) is 1. The number of ketones is 1. The summed E-state index contributed by atoms with van der Waals surface area (Å²) in [7, 11) is 0. The first-order valence-corrected chi connectivity index (χ1v) is 12.9. The Labute approximate surface area is 218 Å². The molecule has 1 saturated heterocycles. The lowest BCUT2D eigenvalue weighted by molar-refractivity contribution is -0.116. The molecule has 1 aromatic heterocycles. The maximum absolute atomic E-state index is 14.7. The van der Waals surface area contributed by atoms with Gasteiger partial charge in [0.05, 0.1) is 16.6 Å². The summed E-state index contributed by atoms with van der Waals surface area (Å²) in [6.07, 6.45) is 3.21. The van der Waals surface area contributed by atoms with E-state index >= 15 is 0 Å². The summed E-state index contributed by atoms with van der Waals surface area (Å²) in [5.74, 6) is -5.89. The number of hydrogen-bond donors (Lipinski definition) is 0. The van der Waals surface area contributed by atoms with Gasteiger partial charge < -0.3 is 9.47 Å².